The van der Waals surface area contributed by atoms with Gasteiger partial charge in [0.15, 0.2) is 18.4 Å². The fraction of sp³-hybridized carbons (Fsp3) is 0.450. The van der Waals surface area contributed by atoms with E-state index in [0.717, 1.165) is 0 Å². The van der Waals surface area contributed by atoms with Crippen LogP contribution in [0.3, 0.4) is 0 Å². The van der Waals surface area contributed by atoms with Crippen LogP contribution in [0.4, 0.5) is 10.5 Å². The molecule has 0 spiro atoms. The zero-order valence-electron chi connectivity index (χ0n) is 31.6. The SMILES string of the molecule is CCOC(=O)COc1ccccc1N(Cc1ccc(OC)cc1OC)C(C(=O)NCC1CCN(C(=O)OC(C)(C)C)CC1)C(=O)c1ccc(OC)cc1. The maximum Gasteiger partial charge on any atom is 0.410 e. The van der Waals surface area contributed by atoms with E-state index in [1.165, 1.54) is 14.2 Å². The highest BCUT2D eigenvalue weighted by molar-refractivity contribution is 6.16. The van der Waals surface area contributed by atoms with Gasteiger partial charge in [0, 0.05) is 43.4 Å². The molecule has 1 atom stereocenters. The summed E-state index contributed by atoms with van der Waals surface area (Å²) in [6.45, 7) is 8.28. The topological polar surface area (TPSA) is 142 Å². The van der Waals surface area contributed by atoms with Gasteiger partial charge in [-0.25, -0.2) is 9.59 Å². The number of Topliss-reactive ketones (excluding diaryl/α,β-unsaturated/α-hetero) is 1. The summed E-state index contributed by atoms with van der Waals surface area (Å²) >= 11 is 0. The molecule has 1 fully saturated rings. The van der Waals surface area contributed by atoms with Gasteiger partial charge < -0.3 is 43.5 Å². The Hall–Kier alpha value is -5.46. The fourth-order valence-electron chi connectivity index (χ4n) is 5.94. The van der Waals surface area contributed by atoms with Crippen LogP contribution in [0.15, 0.2) is 66.7 Å². The summed E-state index contributed by atoms with van der Waals surface area (Å²) in [6, 6.07) is 17.3. The van der Waals surface area contributed by atoms with Crippen molar-refractivity contribution < 1.29 is 47.6 Å². The number of carbonyl (C=O) groups excluding carboxylic acids is 4. The number of para-hydroxylation sites is 2. The van der Waals surface area contributed by atoms with Crippen LogP contribution in [0.25, 0.3) is 0 Å². The van der Waals surface area contributed by atoms with Crippen molar-refractivity contribution in [3.63, 3.8) is 0 Å². The van der Waals surface area contributed by atoms with E-state index >= 15 is 0 Å². The third-order valence-corrected chi connectivity index (χ3v) is 8.67. The Morgan fingerprint density at radius 1 is 0.868 bits per heavy atom. The number of methoxy groups -OCH3 is 3. The lowest BCUT2D eigenvalue weighted by Crippen LogP contribution is -2.53. The monoisotopic (exact) mass is 733 g/mol. The van der Waals surface area contributed by atoms with Gasteiger partial charge in [0.05, 0.1) is 33.6 Å². The number of rotatable bonds is 16. The highest BCUT2D eigenvalue weighted by Gasteiger charge is 2.37. The predicted octanol–water partition coefficient (Wildman–Crippen LogP) is 5.68. The van der Waals surface area contributed by atoms with Gasteiger partial charge in [0.25, 0.3) is 5.91 Å². The molecule has 0 saturated carbocycles. The molecule has 53 heavy (non-hydrogen) atoms. The first-order chi connectivity index (χ1) is 25.4. The second-order valence-corrected chi connectivity index (χ2v) is 13.5. The van der Waals surface area contributed by atoms with Gasteiger partial charge in [0.1, 0.15) is 28.6 Å². The van der Waals surface area contributed by atoms with Gasteiger partial charge in [-0.1, -0.05) is 12.1 Å². The van der Waals surface area contributed by atoms with Crippen molar-refractivity contribution in [3.8, 4) is 23.0 Å². The van der Waals surface area contributed by atoms with Crippen LogP contribution in [0.1, 0.15) is 56.5 Å². The number of hydrogen-bond acceptors (Lipinski definition) is 11. The number of carbonyl (C=O) groups is 4. The molecule has 13 heteroatoms. The Kier molecular flexibility index (Phi) is 14.3. The van der Waals surface area contributed by atoms with E-state index in [9.17, 15) is 19.2 Å². The Morgan fingerprint density at radius 2 is 1.53 bits per heavy atom. The standard InChI is InChI=1S/C40H51N3O10/c1-8-51-35(44)26-52-33-12-10-9-11-32(33)43(25-29-15-18-31(49-6)23-34(29)50-7)36(37(45)28-13-16-30(48-5)17-14-28)38(46)41-24-27-19-21-42(22-20-27)39(47)53-40(2,3)4/h9-18,23,27,36H,8,19-22,24-26H2,1-7H3,(H,41,46). The molecule has 1 aliphatic rings. The van der Waals surface area contributed by atoms with Gasteiger partial charge >= 0.3 is 12.1 Å². The van der Waals surface area contributed by atoms with Crippen molar-refractivity contribution in [2.24, 2.45) is 5.92 Å². The van der Waals surface area contributed by atoms with Crippen LogP contribution < -0.4 is 29.2 Å². The van der Waals surface area contributed by atoms with Crippen molar-refractivity contribution >= 4 is 29.4 Å². The number of hydrogen-bond donors (Lipinski definition) is 1. The molecule has 13 nitrogen and oxygen atoms in total. The summed E-state index contributed by atoms with van der Waals surface area (Å²) < 4.78 is 33.0. The number of nitrogens with one attached hydrogen (secondary N) is 1. The summed E-state index contributed by atoms with van der Waals surface area (Å²) in [7, 11) is 4.61. The van der Waals surface area contributed by atoms with Crippen molar-refractivity contribution in [2.75, 3.05) is 59.1 Å². The Labute approximate surface area is 311 Å². The molecule has 0 radical (unpaired) electrons. The van der Waals surface area contributed by atoms with Crippen LogP contribution in [0.5, 0.6) is 23.0 Å². The van der Waals surface area contributed by atoms with Crippen molar-refractivity contribution in [1.29, 1.82) is 0 Å². The first-order valence-electron chi connectivity index (χ1n) is 17.7. The minimum absolute atomic E-state index is 0.0290. The van der Waals surface area contributed by atoms with E-state index in [1.54, 1.807) is 90.6 Å². The molecule has 1 aliphatic heterocycles. The molecule has 4 rings (SSSR count). The Balaban J connectivity index is 1.71. The number of ketones is 1. The van der Waals surface area contributed by atoms with E-state index in [4.69, 9.17) is 28.4 Å². The lowest BCUT2D eigenvalue weighted by Gasteiger charge is -2.35. The van der Waals surface area contributed by atoms with Crippen LogP contribution in [-0.2, 0) is 25.6 Å². The van der Waals surface area contributed by atoms with E-state index in [0.29, 0.717) is 54.4 Å². The fourth-order valence-corrected chi connectivity index (χ4v) is 5.94. The summed E-state index contributed by atoms with van der Waals surface area (Å²) in [4.78, 5) is 57.4. The quantitative estimate of drug-likeness (QED) is 0.111. The third kappa shape index (κ3) is 11.3. The largest absolute Gasteiger partial charge is 0.497 e. The van der Waals surface area contributed by atoms with Gasteiger partial charge in [-0.15, -0.1) is 0 Å². The zero-order valence-corrected chi connectivity index (χ0v) is 31.6. The van der Waals surface area contributed by atoms with Crippen LogP contribution in [-0.4, -0.2) is 94.5 Å². The highest BCUT2D eigenvalue weighted by Crippen LogP contribution is 2.35. The molecule has 3 aromatic rings. The lowest BCUT2D eigenvalue weighted by molar-refractivity contribution is -0.145. The lowest BCUT2D eigenvalue weighted by atomic mass is 9.96. The number of esters is 1. The molecule has 1 unspecified atom stereocenters. The number of amides is 2. The van der Waals surface area contributed by atoms with E-state index in [2.05, 4.69) is 5.32 Å². The van der Waals surface area contributed by atoms with E-state index in [1.807, 2.05) is 20.8 Å². The minimum atomic E-state index is -1.40. The van der Waals surface area contributed by atoms with Gasteiger partial charge in [0.2, 0.25) is 0 Å². The van der Waals surface area contributed by atoms with E-state index in [-0.39, 0.29) is 49.6 Å². The Bertz CT molecular complexity index is 1700. The minimum Gasteiger partial charge on any atom is -0.497 e. The third-order valence-electron chi connectivity index (χ3n) is 8.67. The van der Waals surface area contributed by atoms with E-state index < -0.39 is 29.3 Å². The second kappa shape index (κ2) is 18.9. The molecule has 0 aliphatic carbocycles. The van der Waals surface area contributed by atoms with Crippen molar-refractivity contribution in [2.45, 2.75) is 58.7 Å². The summed E-state index contributed by atoms with van der Waals surface area (Å²) in [5.74, 6) is 0.353. The number of anilines is 1. The summed E-state index contributed by atoms with van der Waals surface area (Å²) in [5, 5.41) is 3.05. The zero-order chi connectivity index (χ0) is 38.5. The van der Waals surface area contributed by atoms with Crippen LogP contribution >= 0.6 is 0 Å². The molecule has 286 valence electrons. The second-order valence-electron chi connectivity index (χ2n) is 13.5. The maximum absolute atomic E-state index is 14.6. The smallest absolute Gasteiger partial charge is 0.410 e. The average Bonchev–Trinajstić information content (AvgIpc) is 3.15. The number of ether oxygens (including phenoxy) is 6. The first-order valence-corrected chi connectivity index (χ1v) is 17.7. The number of nitrogens with zero attached hydrogens (tertiary/aromatic N) is 2. The Morgan fingerprint density at radius 3 is 2.15 bits per heavy atom. The highest BCUT2D eigenvalue weighted by atomic mass is 16.6. The molecule has 1 heterocycles. The molecular formula is C40H51N3O10. The normalized spacial score (nSPS) is 13.7. The van der Waals surface area contributed by atoms with Crippen molar-refractivity contribution in [1.82, 2.24) is 10.2 Å². The predicted molar refractivity (Wildman–Crippen MR) is 199 cm³/mol. The molecular weight excluding hydrogens is 682 g/mol. The molecule has 1 saturated heterocycles. The summed E-state index contributed by atoms with van der Waals surface area (Å²) in [5.41, 5.74) is 0.733. The first kappa shape index (κ1) is 40.3. The van der Waals surface area contributed by atoms with Gasteiger partial charge in [-0.05, 0) is 95.0 Å². The van der Waals surface area contributed by atoms with Gasteiger partial charge in [-0.3, -0.25) is 9.59 Å². The number of benzene rings is 3. The van der Waals surface area contributed by atoms with Crippen molar-refractivity contribution in [3.05, 3.63) is 77.9 Å². The molecule has 0 aromatic heterocycles. The van der Waals surface area contributed by atoms with Crippen LogP contribution in [0, 0.1) is 5.92 Å². The number of likely N-dealkylation sites (tertiary alicyclic amines) is 1. The summed E-state index contributed by atoms with van der Waals surface area (Å²) in [6.07, 6.45) is 0.931. The molecule has 1 N–H and O–H groups in total. The average molecular weight is 734 g/mol. The number of piperidine rings is 1. The molecule has 3 aromatic carbocycles. The van der Waals surface area contributed by atoms with Crippen LogP contribution in [0.2, 0.25) is 0 Å². The van der Waals surface area contributed by atoms with Gasteiger partial charge in [-0.2, -0.15) is 0 Å². The maximum atomic E-state index is 14.6. The molecule has 0 bridgehead atoms. The molecule has 2 amide bonds.